The Bertz CT molecular complexity index is 1700. The van der Waals surface area contributed by atoms with Crippen molar-refractivity contribution < 1.29 is 28.6 Å². The number of carbonyl (C=O) groups is 3. The number of rotatable bonds is 59. The molecule has 6 nitrogen and oxygen atoms in total. The lowest BCUT2D eigenvalue weighted by atomic mass is 10.0. The molecule has 80 heavy (non-hydrogen) atoms. The summed E-state index contributed by atoms with van der Waals surface area (Å²) in [6, 6.07) is 0. The molecule has 0 aromatic carbocycles. The number of hydrogen-bond acceptors (Lipinski definition) is 6. The van der Waals surface area contributed by atoms with Gasteiger partial charge in [-0.25, -0.2) is 0 Å². The molecule has 1 unspecified atom stereocenters. The van der Waals surface area contributed by atoms with Crippen LogP contribution in [0.1, 0.15) is 297 Å². The lowest BCUT2D eigenvalue weighted by Crippen LogP contribution is -2.30. The van der Waals surface area contributed by atoms with Gasteiger partial charge in [-0.15, -0.1) is 0 Å². The van der Waals surface area contributed by atoms with Gasteiger partial charge in [0, 0.05) is 12.8 Å². The molecule has 1 atom stereocenters. The first-order chi connectivity index (χ1) is 39.5. The van der Waals surface area contributed by atoms with Crippen molar-refractivity contribution in [2.24, 2.45) is 0 Å². The fourth-order valence-corrected chi connectivity index (χ4v) is 9.05. The summed E-state index contributed by atoms with van der Waals surface area (Å²) < 4.78 is 16.8. The number of carbonyl (C=O) groups excluding carboxylic acids is 3. The molecule has 454 valence electrons. The third kappa shape index (κ3) is 64.4. The minimum absolute atomic E-state index is 0.117. The average Bonchev–Trinajstić information content (AvgIpc) is 3.46. The highest BCUT2D eigenvalue weighted by Gasteiger charge is 2.19. The molecule has 0 saturated heterocycles. The maximum atomic E-state index is 12.9. The first kappa shape index (κ1) is 75.5. The Morgan fingerprint density at radius 1 is 0.275 bits per heavy atom. The van der Waals surface area contributed by atoms with E-state index in [1.54, 1.807) is 6.08 Å². The predicted molar refractivity (Wildman–Crippen MR) is 348 cm³/mol. The largest absolute Gasteiger partial charge is 0.462 e. The zero-order chi connectivity index (χ0) is 57.8. The number of hydrogen-bond donors (Lipinski definition) is 0. The summed E-state index contributed by atoms with van der Waals surface area (Å²) in [6.07, 6.45) is 95.0. The molecule has 0 radical (unpaired) electrons. The van der Waals surface area contributed by atoms with Gasteiger partial charge < -0.3 is 14.2 Å². The zero-order valence-corrected chi connectivity index (χ0v) is 52.0. The molecule has 0 aromatic heterocycles. The van der Waals surface area contributed by atoms with E-state index in [4.69, 9.17) is 14.2 Å². The van der Waals surface area contributed by atoms with E-state index in [1.807, 2.05) is 6.08 Å². The Morgan fingerprint density at radius 3 is 0.875 bits per heavy atom. The van der Waals surface area contributed by atoms with Crippen LogP contribution in [0.25, 0.3) is 0 Å². The normalized spacial score (nSPS) is 13.0. The van der Waals surface area contributed by atoms with Crippen LogP contribution in [0.3, 0.4) is 0 Å². The Balaban J connectivity index is 4.46. The topological polar surface area (TPSA) is 78.9 Å². The predicted octanol–water partition coefficient (Wildman–Crippen LogP) is 22.9. The molecule has 0 rings (SSSR count). The fraction of sp³-hybridized carbons (Fsp3) is 0.662. The third-order valence-electron chi connectivity index (χ3n) is 13.9. The van der Waals surface area contributed by atoms with Gasteiger partial charge in [0.15, 0.2) is 6.10 Å². The van der Waals surface area contributed by atoms with Gasteiger partial charge in [0.1, 0.15) is 13.2 Å². The van der Waals surface area contributed by atoms with Crippen molar-refractivity contribution in [2.45, 2.75) is 303 Å². The maximum Gasteiger partial charge on any atom is 0.309 e. The van der Waals surface area contributed by atoms with E-state index in [0.717, 1.165) is 122 Å². The van der Waals surface area contributed by atoms with E-state index in [2.05, 4.69) is 142 Å². The Labute approximate surface area is 494 Å². The minimum Gasteiger partial charge on any atom is -0.462 e. The SMILES string of the molecule is CC/C=C\C/C=C\C/C=C\C/C=C\C/C=C\C/C=C\CCCCCCC(=O)OC(COC(=O)C/C=C\C/C=C\C/C=C\C/C=C\C/C=C\CC)COC(=O)CCCCCCCCCCCCCCCCCCCCCCCCCC. The Hall–Kier alpha value is -4.45. The summed E-state index contributed by atoms with van der Waals surface area (Å²) in [5.74, 6) is -1.07. The summed E-state index contributed by atoms with van der Waals surface area (Å²) in [4.78, 5) is 38.3. The molecule has 0 spiro atoms. The van der Waals surface area contributed by atoms with E-state index in [9.17, 15) is 14.4 Å². The first-order valence-electron chi connectivity index (χ1n) is 33.2. The summed E-state index contributed by atoms with van der Waals surface area (Å²) in [6.45, 7) is 6.33. The van der Waals surface area contributed by atoms with E-state index < -0.39 is 12.1 Å². The average molecular weight is 1110 g/mol. The quantitative estimate of drug-likeness (QED) is 0.0261. The molecule has 0 aliphatic heterocycles. The van der Waals surface area contributed by atoms with Crippen molar-refractivity contribution in [2.75, 3.05) is 13.2 Å². The molecule has 0 aliphatic rings. The number of esters is 3. The lowest BCUT2D eigenvalue weighted by Gasteiger charge is -2.18. The van der Waals surface area contributed by atoms with E-state index >= 15 is 0 Å². The number of unbranched alkanes of at least 4 members (excludes halogenated alkanes) is 27. The molecule has 0 fully saturated rings. The third-order valence-corrected chi connectivity index (χ3v) is 13.9. The van der Waals surface area contributed by atoms with Gasteiger partial charge in [-0.3, -0.25) is 14.4 Å². The van der Waals surface area contributed by atoms with Gasteiger partial charge >= 0.3 is 17.9 Å². The standard InChI is InChI=1S/C74H122O6/c1-4-7-10-13-16-19-22-25-28-30-32-34-36-38-39-41-43-46-49-52-55-58-61-64-67-73(76)79-70-71(69-78-72(75)66-63-60-57-54-51-48-45-27-24-21-18-15-12-9-6-3)80-74(77)68-65-62-59-56-53-50-47-44-42-40-37-35-33-31-29-26-23-20-17-14-11-8-5-2/h8-9,11-12,17-18,20-21,26-27,29,33,35,40,42,45,47,50-51,54,60,63,71H,4-7,10,13-16,19,22-25,28,30-32,34,36-39,41,43-44,46,48-49,52-53,55-59,61-62,64-70H2,1-3H3/b11-8-,12-9-,20-17-,21-18-,29-26-,35-33-,42-40-,45-27-,50-47-,54-51-,63-60-. The molecule has 0 N–H and O–H groups in total. The van der Waals surface area contributed by atoms with Crippen LogP contribution < -0.4 is 0 Å². The van der Waals surface area contributed by atoms with Gasteiger partial charge in [-0.2, -0.15) is 0 Å². The molecular formula is C74H122O6. The van der Waals surface area contributed by atoms with Crippen LogP contribution in [0.5, 0.6) is 0 Å². The highest BCUT2D eigenvalue weighted by molar-refractivity contribution is 5.72. The van der Waals surface area contributed by atoms with Gasteiger partial charge in [0.05, 0.1) is 6.42 Å². The summed E-state index contributed by atoms with van der Waals surface area (Å²) in [5, 5.41) is 0. The molecular weight excluding hydrogens is 985 g/mol. The lowest BCUT2D eigenvalue weighted by molar-refractivity contribution is -0.166. The van der Waals surface area contributed by atoms with Gasteiger partial charge in [-0.05, 0) is 96.3 Å². The smallest absolute Gasteiger partial charge is 0.309 e. The van der Waals surface area contributed by atoms with Crippen LogP contribution in [0.15, 0.2) is 134 Å². The highest BCUT2D eigenvalue weighted by Crippen LogP contribution is 2.17. The van der Waals surface area contributed by atoms with Crippen molar-refractivity contribution in [1.29, 1.82) is 0 Å². The van der Waals surface area contributed by atoms with Crippen molar-refractivity contribution in [3.05, 3.63) is 134 Å². The van der Waals surface area contributed by atoms with E-state index in [-0.39, 0.29) is 38.0 Å². The minimum atomic E-state index is -0.837. The molecule has 6 heteroatoms. The van der Waals surface area contributed by atoms with Crippen LogP contribution >= 0.6 is 0 Å². The van der Waals surface area contributed by atoms with Crippen LogP contribution in [-0.2, 0) is 28.6 Å². The number of allylic oxidation sites excluding steroid dienone is 21. The van der Waals surface area contributed by atoms with Crippen molar-refractivity contribution >= 4 is 17.9 Å². The molecule has 0 bridgehead atoms. The molecule has 0 saturated carbocycles. The second-order valence-corrected chi connectivity index (χ2v) is 21.6. The summed E-state index contributed by atoms with van der Waals surface area (Å²) >= 11 is 0. The van der Waals surface area contributed by atoms with Crippen molar-refractivity contribution in [3.63, 3.8) is 0 Å². The van der Waals surface area contributed by atoms with Crippen LogP contribution in [0, 0.1) is 0 Å². The maximum absolute atomic E-state index is 12.9. The fourth-order valence-electron chi connectivity index (χ4n) is 9.05. The molecule has 0 heterocycles. The van der Waals surface area contributed by atoms with Crippen molar-refractivity contribution in [3.8, 4) is 0 Å². The second kappa shape index (κ2) is 67.1. The summed E-state index contributed by atoms with van der Waals surface area (Å²) in [5.41, 5.74) is 0. The van der Waals surface area contributed by atoms with Crippen LogP contribution in [0.4, 0.5) is 0 Å². The van der Waals surface area contributed by atoms with E-state index in [0.29, 0.717) is 6.42 Å². The Morgan fingerprint density at radius 2 is 0.537 bits per heavy atom. The van der Waals surface area contributed by atoms with Gasteiger partial charge in [-0.1, -0.05) is 315 Å². The van der Waals surface area contributed by atoms with Crippen LogP contribution in [-0.4, -0.2) is 37.2 Å². The molecule has 0 aliphatic carbocycles. The second-order valence-electron chi connectivity index (χ2n) is 21.6. The highest BCUT2D eigenvalue weighted by atomic mass is 16.6. The number of ether oxygens (including phenoxy) is 3. The van der Waals surface area contributed by atoms with Crippen molar-refractivity contribution in [1.82, 2.24) is 0 Å². The van der Waals surface area contributed by atoms with Crippen LogP contribution in [0.2, 0.25) is 0 Å². The molecule has 0 aromatic rings. The van der Waals surface area contributed by atoms with E-state index in [1.165, 1.54) is 135 Å². The Kier molecular flexibility index (Phi) is 63.3. The first-order valence-corrected chi connectivity index (χ1v) is 33.2. The van der Waals surface area contributed by atoms with Gasteiger partial charge in [0.2, 0.25) is 0 Å². The van der Waals surface area contributed by atoms with Gasteiger partial charge in [0.25, 0.3) is 0 Å². The summed E-state index contributed by atoms with van der Waals surface area (Å²) in [7, 11) is 0. The molecule has 0 amide bonds. The monoisotopic (exact) mass is 1110 g/mol. The zero-order valence-electron chi connectivity index (χ0n) is 52.0.